The molecule has 0 saturated heterocycles. The molecule has 0 radical (unpaired) electrons. The second-order valence-electron chi connectivity index (χ2n) is 4.78. The largest absolute Gasteiger partial charge is 0.458 e. The second kappa shape index (κ2) is 4.82. The van der Waals surface area contributed by atoms with Crippen LogP contribution >= 0.6 is 0 Å². The lowest BCUT2D eigenvalue weighted by Gasteiger charge is -2.00. The quantitative estimate of drug-likeness (QED) is 0.495. The van der Waals surface area contributed by atoms with Crippen molar-refractivity contribution in [3.63, 3.8) is 0 Å². The van der Waals surface area contributed by atoms with Crippen molar-refractivity contribution in [1.29, 1.82) is 0 Å². The predicted octanol–water partition coefficient (Wildman–Crippen LogP) is 3.08. The van der Waals surface area contributed by atoms with Crippen LogP contribution in [-0.2, 0) is 9.53 Å². The highest BCUT2D eigenvalue weighted by molar-refractivity contribution is 5.85. The Morgan fingerprint density at radius 1 is 1.40 bits per heavy atom. The molecule has 1 heterocycles. The Morgan fingerprint density at radius 3 is 2.93 bits per heavy atom. The van der Waals surface area contributed by atoms with E-state index in [1.807, 2.05) is 0 Å². The van der Waals surface area contributed by atoms with Crippen molar-refractivity contribution >= 4 is 5.97 Å². The summed E-state index contributed by atoms with van der Waals surface area (Å²) in [7, 11) is 0. The zero-order valence-corrected chi connectivity index (χ0v) is 9.50. The van der Waals surface area contributed by atoms with Crippen molar-refractivity contribution in [2.45, 2.75) is 45.4 Å². The molecule has 84 valence electrons. The molecule has 2 nitrogen and oxygen atoms in total. The Hall–Kier alpha value is -0.790. The minimum absolute atomic E-state index is 0.137. The molecule has 0 aromatic rings. The average Bonchev–Trinajstić information content (AvgIpc) is 2.88. The molecule has 0 unspecified atom stereocenters. The van der Waals surface area contributed by atoms with E-state index in [2.05, 4.69) is 6.92 Å². The molecule has 2 aliphatic rings. The Labute approximate surface area is 91.7 Å². The number of hydrogen-bond donors (Lipinski definition) is 0. The van der Waals surface area contributed by atoms with Crippen LogP contribution in [-0.4, -0.2) is 12.6 Å². The van der Waals surface area contributed by atoms with Gasteiger partial charge in [0, 0.05) is 6.08 Å². The maximum Gasteiger partial charge on any atom is 0.331 e. The fourth-order valence-corrected chi connectivity index (χ4v) is 2.46. The first-order chi connectivity index (χ1) is 7.31. The summed E-state index contributed by atoms with van der Waals surface area (Å²) in [6, 6.07) is 0. The number of carbonyl (C=O) groups is 1. The summed E-state index contributed by atoms with van der Waals surface area (Å²) < 4.78 is 4.93. The third-order valence-corrected chi connectivity index (χ3v) is 3.51. The molecular weight excluding hydrogens is 188 g/mol. The molecule has 0 aromatic carbocycles. The summed E-state index contributed by atoms with van der Waals surface area (Å²) in [5.41, 5.74) is 1.25. The van der Waals surface area contributed by atoms with E-state index in [1.54, 1.807) is 6.08 Å². The summed E-state index contributed by atoms with van der Waals surface area (Å²) >= 11 is 0. The van der Waals surface area contributed by atoms with Crippen LogP contribution < -0.4 is 0 Å². The van der Waals surface area contributed by atoms with E-state index in [1.165, 1.54) is 44.1 Å². The van der Waals surface area contributed by atoms with Crippen LogP contribution in [0.15, 0.2) is 11.6 Å². The van der Waals surface area contributed by atoms with E-state index in [-0.39, 0.29) is 5.97 Å². The summed E-state index contributed by atoms with van der Waals surface area (Å²) in [5.74, 6) is 1.39. The molecular formula is C13H20O2. The maximum atomic E-state index is 10.9. The van der Waals surface area contributed by atoms with E-state index in [4.69, 9.17) is 4.74 Å². The summed E-state index contributed by atoms with van der Waals surface area (Å²) in [6.45, 7) is 2.81. The topological polar surface area (TPSA) is 26.3 Å². The molecule has 1 aliphatic carbocycles. The Balaban J connectivity index is 1.64. The average molecular weight is 208 g/mol. The van der Waals surface area contributed by atoms with Gasteiger partial charge in [-0.05, 0) is 30.3 Å². The fraction of sp³-hybridized carbons (Fsp3) is 0.769. The first-order valence-electron chi connectivity index (χ1n) is 6.18. The van der Waals surface area contributed by atoms with Crippen LogP contribution in [0.25, 0.3) is 0 Å². The van der Waals surface area contributed by atoms with Crippen molar-refractivity contribution in [3.8, 4) is 0 Å². The SMILES string of the molecule is CCCCCC[C@@H]1C[C@H]1C1=CC(=O)OC1. The fourth-order valence-electron chi connectivity index (χ4n) is 2.46. The first kappa shape index (κ1) is 10.7. The molecule has 2 atom stereocenters. The number of unbranched alkanes of at least 4 members (excludes halogenated alkanes) is 3. The first-order valence-corrected chi connectivity index (χ1v) is 6.18. The number of ether oxygens (including phenoxy) is 1. The minimum atomic E-state index is -0.137. The second-order valence-corrected chi connectivity index (χ2v) is 4.78. The van der Waals surface area contributed by atoms with Gasteiger partial charge in [-0.2, -0.15) is 0 Å². The zero-order valence-electron chi connectivity index (χ0n) is 9.50. The van der Waals surface area contributed by atoms with Gasteiger partial charge in [-0.25, -0.2) is 4.79 Å². The molecule has 0 N–H and O–H groups in total. The standard InChI is InChI=1S/C13H20O2/c1-2-3-4-5-6-10-7-12(10)11-8-13(14)15-9-11/h8,10,12H,2-7,9H2,1H3/t10-,12-/m1/s1. The zero-order chi connectivity index (χ0) is 10.7. The number of carbonyl (C=O) groups excluding carboxylic acids is 1. The van der Waals surface area contributed by atoms with Crippen LogP contribution in [0.3, 0.4) is 0 Å². The Morgan fingerprint density at radius 2 is 2.27 bits per heavy atom. The smallest absolute Gasteiger partial charge is 0.331 e. The van der Waals surface area contributed by atoms with Gasteiger partial charge in [-0.15, -0.1) is 0 Å². The maximum absolute atomic E-state index is 10.9. The van der Waals surface area contributed by atoms with Crippen molar-refractivity contribution in [1.82, 2.24) is 0 Å². The monoisotopic (exact) mass is 208 g/mol. The number of cyclic esters (lactones) is 1. The van der Waals surface area contributed by atoms with E-state index in [0.717, 1.165) is 5.92 Å². The molecule has 0 bridgehead atoms. The van der Waals surface area contributed by atoms with Crippen molar-refractivity contribution in [2.75, 3.05) is 6.61 Å². The van der Waals surface area contributed by atoms with Gasteiger partial charge in [0.1, 0.15) is 6.61 Å². The molecule has 1 fully saturated rings. The van der Waals surface area contributed by atoms with Gasteiger partial charge in [-0.3, -0.25) is 0 Å². The van der Waals surface area contributed by atoms with Crippen LogP contribution in [0.2, 0.25) is 0 Å². The predicted molar refractivity (Wildman–Crippen MR) is 59.4 cm³/mol. The van der Waals surface area contributed by atoms with Crippen LogP contribution in [0, 0.1) is 11.8 Å². The van der Waals surface area contributed by atoms with Crippen molar-refractivity contribution < 1.29 is 9.53 Å². The Kier molecular flexibility index (Phi) is 3.45. The lowest BCUT2D eigenvalue weighted by Crippen LogP contribution is -1.94. The van der Waals surface area contributed by atoms with Gasteiger partial charge in [0.2, 0.25) is 0 Å². The molecule has 0 spiro atoms. The van der Waals surface area contributed by atoms with Gasteiger partial charge in [-0.1, -0.05) is 32.6 Å². The van der Waals surface area contributed by atoms with Gasteiger partial charge >= 0.3 is 5.97 Å². The van der Waals surface area contributed by atoms with Crippen molar-refractivity contribution in [3.05, 3.63) is 11.6 Å². The van der Waals surface area contributed by atoms with Crippen LogP contribution in [0.4, 0.5) is 0 Å². The Bertz CT molecular complexity index is 268. The normalized spacial score (nSPS) is 28.9. The molecule has 1 saturated carbocycles. The van der Waals surface area contributed by atoms with Crippen LogP contribution in [0.5, 0.6) is 0 Å². The highest BCUT2D eigenvalue weighted by Gasteiger charge is 2.40. The van der Waals surface area contributed by atoms with Gasteiger partial charge in [0.25, 0.3) is 0 Å². The van der Waals surface area contributed by atoms with E-state index < -0.39 is 0 Å². The van der Waals surface area contributed by atoms with E-state index in [0.29, 0.717) is 12.5 Å². The number of rotatable bonds is 6. The molecule has 1 aliphatic heterocycles. The summed E-state index contributed by atoms with van der Waals surface area (Å²) in [5, 5.41) is 0. The highest BCUT2D eigenvalue weighted by Crippen LogP contribution is 2.48. The summed E-state index contributed by atoms with van der Waals surface area (Å²) in [4.78, 5) is 10.9. The lowest BCUT2D eigenvalue weighted by atomic mass is 10.1. The molecule has 15 heavy (non-hydrogen) atoms. The van der Waals surface area contributed by atoms with Gasteiger partial charge < -0.3 is 4.74 Å². The van der Waals surface area contributed by atoms with Gasteiger partial charge in [0.05, 0.1) is 0 Å². The molecule has 0 amide bonds. The minimum Gasteiger partial charge on any atom is -0.458 e. The van der Waals surface area contributed by atoms with Crippen LogP contribution in [0.1, 0.15) is 45.4 Å². The molecule has 2 rings (SSSR count). The number of esters is 1. The van der Waals surface area contributed by atoms with Crippen molar-refractivity contribution in [2.24, 2.45) is 11.8 Å². The number of hydrogen-bond acceptors (Lipinski definition) is 2. The lowest BCUT2D eigenvalue weighted by molar-refractivity contribution is -0.134. The third-order valence-electron chi connectivity index (χ3n) is 3.51. The molecule has 0 aromatic heterocycles. The van der Waals surface area contributed by atoms with E-state index in [9.17, 15) is 4.79 Å². The molecule has 2 heteroatoms. The van der Waals surface area contributed by atoms with Gasteiger partial charge in [0.15, 0.2) is 0 Å². The third kappa shape index (κ3) is 2.83. The summed E-state index contributed by atoms with van der Waals surface area (Å²) in [6.07, 6.45) is 9.73. The van der Waals surface area contributed by atoms with E-state index >= 15 is 0 Å². The highest BCUT2D eigenvalue weighted by atomic mass is 16.5.